The van der Waals surface area contributed by atoms with Crippen LogP contribution in [0.25, 0.3) is 0 Å². The first kappa shape index (κ1) is 23.6. The highest BCUT2D eigenvalue weighted by atomic mass is 19.4. The molecule has 0 saturated carbocycles. The summed E-state index contributed by atoms with van der Waals surface area (Å²) >= 11 is 0. The fraction of sp³-hybridized carbons (Fsp3) is 0.632. The van der Waals surface area contributed by atoms with Gasteiger partial charge in [0.1, 0.15) is 0 Å². The molecule has 1 amide bonds. The van der Waals surface area contributed by atoms with Gasteiger partial charge in [0.05, 0.1) is 13.2 Å². The van der Waals surface area contributed by atoms with E-state index in [2.05, 4.69) is 20.6 Å². The van der Waals surface area contributed by atoms with Crippen LogP contribution in [-0.2, 0) is 11.3 Å². The van der Waals surface area contributed by atoms with E-state index in [4.69, 9.17) is 9.47 Å². The summed E-state index contributed by atoms with van der Waals surface area (Å²) in [4.78, 5) is 21.8. The lowest BCUT2D eigenvalue weighted by molar-refractivity contribution is -0.154. The van der Waals surface area contributed by atoms with Crippen molar-refractivity contribution in [2.24, 2.45) is 4.99 Å². The number of hydrogen-bond donors (Lipinski definition) is 2. The highest BCUT2D eigenvalue weighted by Gasteiger charge is 2.29. The summed E-state index contributed by atoms with van der Waals surface area (Å²) in [7, 11) is 0. The highest BCUT2D eigenvalue weighted by Crippen LogP contribution is 2.20. The molecule has 1 aliphatic rings. The van der Waals surface area contributed by atoms with Crippen molar-refractivity contribution in [2.75, 3.05) is 32.8 Å². The zero-order valence-electron chi connectivity index (χ0n) is 17.2. The molecule has 0 bridgehead atoms. The van der Waals surface area contributed by atoms with E-state index in [1.165, 1.54) is 6.20 Å². The molecule has 1 aromatic heterocycles. The Balaban J connectivity index is 1.95. The Morgan fingerprint density at radius 1 is 1.33 bits per heavy atom. The molecule has 1 saturated heterocycles. The van der Waals surface area contributed by atoms with E-state index in [0.29, 0.717) is 37.8 Å². The second-order valence-corrected chi connectivity index (χ2v) is 6.67. The van der Waals surface area contributed by atoms with Crippen molar-refractivity contribution in [3.63, 3.8) is 0 Å². The quantitative estimate of drug-likeness (QED) is 0.510. The number of ether oxygens (including phenoxy) is 2. The Kier molecular flexibility index (Phi) is 9.00. The van der Waals surface area contributed by atoms with Crippen LogP contribution in [0, 0.1) is 0 Å². The molecule has 0 atom stereocenters. The lowest BCUT2D eigenvalue weighted by atomic mass is 10.1. The SMILES string of the molecule is CCNC(=NCc1cccnc1OCC(F)(F)F)NC1CCN(C(=O)OCC)CC1. The van der Waals surface area contributed by atoms with Crippen LogP contribution >= 0.6 is 0 Å². The zero-order valence-corrected chi connectivity index (χ0v) is 17.2. The van der Waals surface area contributed by atoms with Crippen LogP contribution in [0.1, 0.15) is 32.3 Å². The normalized spacial score (nSPS) is 15.6. The summed E-state index contributed by atoms with van der Waals surface area (Å²) in [5.74, 6) is 0.454. The van der Waals surface area contributed by atoms with Gasteiger partial charge in [-0.15, -0.1) is 0 Å². The molecule has 2 heterocycles. The van der Waals surface area contributed by atoms with Gasteiger partial charge in [-0.3, -0.25) is 0 Å². The molecular weight excluding hydrogens is 403 g/mol. The summed E-state index contributed by atoms with van der Waals surface area (Å²) in [6, 6.07) is 3.36. The molecule has 1 fully saturated rings. The van der Waals surface area contributed by atoms with Gasteiger partial charge in [0, 0.05) is 37.4 Å². The van der Waals surface area contributed by atoms with Gasteiger partial charge in [0.2, 0.25) is 5.88 Å². The lowest BCUT2D eigenvalue weighted by Gasteiger charge is -2.32. The first-order valence-corrected chi connectivity index (χ1v) is 9.92. The number of amides is 1. The maximum Gasteiger partial charge on any atom is 0.422 e. The number of rotatable bonds is 7. The summed E-state index contributed by atoms with van der Waals surface area (Å²) in [5, 5.41) is 6.44. The number of carbonyl (C=O) groups is 1. The Morgan fingerprint density at radius 3 is 2.70 bits per heavy atom. The third-order valence-electron chi connectivity index (χ3n) is 4.34. The average molecular weight is 431 g/mol. The number of halogens is 3. The molecular formula is C19H28F3N5O3. The zero-order chi connectivity index (χ0) is 22.0. The topological polar surface area (TPSA) is 88.1 Å². The minimum atomic E-state index is -4.44. The molecule has 0 aromatic carbocycles. The number of hydrogen-bond acceptors (Lipinski definition) is 5. The minimum Gasteiger partial charge on any atom is -0.468 e. The van der Waals surface area contributed by atoms with Gasteiger partial charge >= 0.3 is 12.3 Å². The predicted octanol–water partition coefficient (Wildman–Crippen LogP) is 2.70. The van der Waals surface area contributed by atoms with Crippen LogP contribution in [0.3, 0.4) is 0 Å². The van der Waals surface area contributed by atoms with Crippen LogP contribution < -0.4 is 15.4 Å². The van der Waals surface area contributed by atoms with Gasteiger partial charge in [0.15, 0.2) is 12.6 Å². The van der Waals surface area contributed by atoms with Gasteiger partial charge < -0.3 is 25.0 Å². The monoisotopic (exact) mass is 431 g/mol. The molecule has 11 heteroatoms. The van der Waals surface area contributed by atoms with Crippen molar-refractivity contribution in [1.82, 2.24) is 20.5 Å². The molecule has 0 aliphatic carbocycles. The van der Waals surface area contributed by atoms with Crippen LogP contribution in [-0.4, -0.2) is 67.0 Å². The molecule has 0 unspecified atom stereocenters. The number of aromatic nitrogens is 1. The summed E-state index contributed by atoms with van der Waals surface area (Å²) in [5.41, 5.74) is 0.455. The second kappa shape index (κ2) is 11.5. The third-order valence-corrected chi connectivity index (χ3v) is 4.34. The van der Waals surface area contributed by atoms with Crippen molar-refractivity contribution in [3.8, 4) is 5.88 Å². The van der Waals surface area contributed by atoms with E-state index in [-0.39, 0.29) is 24.6 Å². The van der Waals surface area contributed by atoms with Crippen LogP contribution in [0.5, 0.6) is 5.88 Å². The number of carbonyl (C=O) groups excluding carboxylic acids is 1. The number of guanidine groups is 1. The van der Waals surface area contributed by atoms with Gasteiger partial charge in [-0.05, 0) is 32.8 Å². The summed E-state index contributed by atoms with van der Waals surface area (Å²) in [6.07, 6.45) is -1.90. The van der Waals surface area contributed by atoms with Crippen LogP contribution in [0.15, 0.2) is 23.3 Å². The standard InChI is InChI=1S/C19H28F3N5O3/c1-3-23-17(26-15-7-10-27(11-8-15)18(28)29-4-2)25-12-14-6-5-9-24-16(14)30-13-19(20,21)22/h5-6,9,15H,3-4,7-8,10-13H2,1-2H3,(H2,23,25,26). The van der Waals surface area contributed by atoms with E-state index in [1.54, 1.807) is 24.0 Å². The number of nitrogens with one attached hydrogen (secondary N) is 2. The van der Waals surface area contributed by atoms with Crippen LogP contribution in [0.2, 0.25) is 0 Å². The van der Waals surface area contributed by atoms with Crippen molar-refractivity contribution < 1.29 is 27.4 Å². The fourth-order valence-electron chi connectivity index (χ4n) is 2.92. The van der Waals surface area contributed by atoms with Crippen molar-refractivity contribution in [3.05, 3.63) is 23.9 Å². The van der Waals surface area contributed by atoms with Gasteiger partial charge in [0.25, 0.3) is 0 Å². The number of piperidine rings is 1. The highest BCUT2D eigenvalue weighted by molar-refractivity contribution is 5.80. The largest absolute Gasteiger partial charge is 0.468 e. The van der Waals surface area contributed by atoms with Crippen molar-refractivity contribution in [1.29, 1.82) is 0 Å². The van der Waals surface area contributed by atoms with E-state index < -0.39 is 12.8 Å². The van der Waals surface area contributed by atoms with E-state index in [1.807, 2.05) is 6.92 Å². The average Bonchev–Trinajstić information content (AvgIpc) is 2.71. The molecule has 168 valence electrons. The lowest BCUT2D eigenvalue weighted by Crippen LogP contribution is -2.49. The minimum absolute atomic E-state index is 0.0860. The van der Waals surface area contributed by atoms with Gasteiger partial charge in [-0.25, -0.2) is 14.8 Å². The maximum absolute atomic E-state index is 12.4. The maximum atomic E-state index is 12.4. The number of alkyl halides is 3. The molecule has 8 nitrogen and oxygen atoms in total. The van der Waals surface area contributed by atoms with E-state index >= 15 is 0 Å². The van der Waals surface area contributed by atoms with Crippen molar-refractivity contribution in [2.45, 2.75) is 45.5 Å². The Morgan fingerprint density at radius 2 is 2.07 bits per heavy atom. The number of nitrogens with zero attached hydrogens (tertiary/aromatic N) is 3. The smallest absolute Gasteiger partial charge is 0.422 e. The molecule has 0 radical (unpaired) electrons. The summed E-state index contributed by atoms with van der Waals surface area (Å²) in [6.45, 7) is 4.52. The van der Waals surface area contributed by atoms with Crippen molar-refractivity contribution >= 4 is 12.1 Å². The predicted molar refractivity (Wildman–Crippen MR) is 105 cm³/mol. The Hall–Kier alpha value is -2.72. The Labute approximate surface area is 173 Å². The third kappa shape index (κ3) is 7.96. The van der Waals surface area contributed by atoms with Crippen LogP contribution in [0.4, 0.5) is 18.0 Å². The first-order chi connectivity index (χ1) is 14.3. The number of pyridine rings is 1. The molecule has 30 heavy (non-hydrogen) atoms. The number of aliphatic imine (C=N–C) groups is 1. The van der Waals surface area contributed by atoms with Gasteiger partial charge in [-0.2, -0.15) is 13.2 Å². The second-order valence-electron chi connectivity index (χ2n) is 6.67. The van der Waals surface area contributed by atoms with E-state index in [0.717, 1.165) is 12.8 Å². The van der Waals surface area contributed by atoms with Gasteiger partial charge in [-0.1, -0.05) is 6.07 Å². The van der Waals surface area contributed by atoms with E-state index in [9.17, 15) is 18.0 Å². The molecule has 1 aromatic rings. The molecule has 1 aliphatic heterocycles. The molecule has 2 rings (SSSR count). The Bertz CT molecular complexity index is 707. The first-order valence-electron chi connectivity index (χ1n) is 9.92. The molecule has 0 spiro atoms. The fourth-order valence-corrected chi connectivity index (χ4v) is 2.92. The number of likely N-dealkylation sites (tertiary alicyclic amines) is 1. The summed E-state index contributed by atoms with van der Waals surface area (Å²) < 4.78 is 47.1. The molecule has 2 N–H and O–H groups in total.